The number of carbonyl (C=O) groups excluding carboxylic acids is 1. The Hall–Kier alpha value is -2.16. The highest BCUT2D eigenvalue weighted by Crippen LogP contribution is 2.24. The number of rotatable bonds is 3. The molecular weight excluding hydrogens is 308 g/mol. The van der Waals surface area contributed by atoms with Crippen LogP contribution in [0.3, 0.4) is 0 Å². The largest absolute Gasteiger partial charge is 0.360 e. The van der Waals surface area contributed by atoms with Gasteiger partial charge in [-0.3, -0.25) is 9.48 Å². The van der Waals surface area contributed by atoms with Crippen LogP contribution in [0.15, 0.2) is 16.7 Å². The van der Waals surface area contributed by atoms with Gasteiger partial charge in [-0.15, -0.1) is 0 Å². The summed E-state index contributed by atoms with van der Waals surface area (Å²) >= 11 is 0. The van der Waals surface area contributed by atoms with E-state index in [1.54, 1.807) is 30.7 Å². The summed E-state index contributed by atoms with van der Waals surface area (Å²) in [5.41, 5.74) is 0.978. The van der Waals surface area contributed by atoms with E-state index in [-0.39, 0.29) is 23.2 Å². The maximum Gasteiger partial charge on any atom is 0.277 e. The van der Waals surface area contributed by atoms with Crippen molar-refractivity contribution >= 4 is 21.6 Å². The Bertz CT molecular complexity index is 821. The Morgan fingerprint density at radius 2 is 2.18 bits per heavy atom. The fraction of sp³-hybridized carbons (Fsp3) is 0.462. The molecule has 9 heteroatoms. The van der Waals surface area contributed by atoms with Crippen molar-refractivity contribution in [3.05, 3.63) is 29.3 Å². The molecule has 0 radical (unpaired) electrons. The van der Waals surface area contributed by atoms with Crippen molar-refractivity contribution in [3.8, 4) is 0 Å². The standard InChI is InChI=1S/C13H16N4O4S/c1-8-5-11(13(18)14-12-6-9(2)21-16-12)15-17(8)10-3-4-22(19,20)7-10/h5-6,10H,3-4,7H2,1-2H3,(H,14,16,18). The number of hydrogen-bond donors (Lipinski definition) is 1. The molecule has 22 heavy (non-hydrogen) atoms. The minimum Gasteiger partial charge on any atom is -0.360 e. The summed E-state index contributed by atoms with van der Waals surface area (Å²) in [4.78, 5) is 12.1. The minimum absolute atomic E-state index is 0.0685. The number of anilines is 1. The van der Waals surface area contributed by atoms with E-state index in [2.05, 4.69) is 15.6 Å². The van der Waals surface area contributed by atoms with Crippen LogP contribution in [0.1, 0.15) is 34.4 Å². The molecule has 1 saturated heterocycles. The Labute approximate surface area is 127 Å². The van der Waals surface area contributed by atoms with Crippen LogP contribution in [0.4, 0.5) is 5.82 Å². The number of sulfone groups is 1. The summed E-state index contributed by atoms with van der Waals surface area (Å²) in [6, 6.07) is 3.03. The first kappa shape index (κ1) is 14.8. The number of carbonyl (C=O) groups is 1. The zero-order valence-corrected chi connectivity index (χ0v) is 13.1. The SMILES string of the molecule is Cc1cc(NC(=O)c2cc(C)n(C3CCS(=O)(=O)C3)n2)no1. The third-order valence-electron chi connectivity index (χ3n) is 3.58. The molecule has 3 heterocycles. The van der Waals surface area contributed by atoms with Crippen LogP contribution >= 0.6 is 0 Å². The van der Waals surface area contributed by atoms with Gasteiger partial charge in [0.25, 0.3) is 5.91 Å². The highest BCUT2D eigenvalue weighted by Gasteiger charge is 2.31. The number of hydrogen-bond acceptors (Lipinski definition) is 6. The first-order valence-corrected chi connectivity index (χ1v) is 8.67. The van der Waals surface area contributed by atoms with Crippen molar-refractivity contribution in [2.45, 2.75) is 26.3 Å². The van der Waals surface area contributed by atoms with Crippen LogP contribution in [0.5, 0.6) is 0 Å². The van der Waals surface area contributed by atoms with Crippen molar-refractivity contribution in [3.63, 3.8) is 0 Å². The van der Waals surface area contributed by atoms with Crippen molar-refractivity contribution in [1.29, 1.82) is 0 Å². The van der Waals surface area contributed by atoms with Gasteiger partial charge < -0.3 is 9.84 Å². The highest BCUT2D eigenvalue weighted by molar-refractivity contribution is 7.91. The zero-order chi connectivity index (χ0) is 15.9. The molecule has 0 saturated carbocycles. The second-order valence-electron chi connectivity index (χ2n) is 5.45. The third kappa shape index (κ3) is 2.89. The quantitative estimate of drug-likeness (QED) is 0.906. The number of amides is 1. The molecule has 0 aromatic carbocycles. The van der Waals surface area contributed by atoms with Crippen LogP contribution in [-0.4, -0.2) is 40.8 Å². The van der Waals surface area contributed by atoms with Crippen LogP contribution in [-0.2, 0) is 9.84 Å². The van der Waals surface area contributed by atoms with Gasteiger partial charge in [-0.25, -0.2) is 8.42 Å². The van der Waals surface area contributed by atoms with Gasteiger partial charge in [0.15, 0.2) is 21.3 Å². The van der Waals surface area contributed by atoms with E-state index < -0.39 is 15.7 Å². The summed E-state index contributed by atoms with van der Waals surface area (Å²) in [7, 11) is -3.00. The lowest BCUT2D eigenvalue weighted by Crippen LogP contribution is -2.16. The molecule has 8 nitrogen and oxygen atoms in total. The Kier molecular flexibility index (Phi) is 3.51. The molecule has 0 bridgehead atoms. The lowest BCUT2D eigenvalue weighted by Gasteiger charge is -2.10. The molecular formula is C13H16N4O4S. The molecule has 1 amide bonds. The first-order valence-electron chi connectivity index (χ1n) is 6.85. The predicted molar refractivity (Wildman–Crippen MR) is 78.5 cm³/mol. The average Bonchev–Trinajstić information content (AvgIpc) is 3.09. The third-order valence-corrected chi connectivity index (χ3v) is 5.33. The van der Waals surface area contributed by atoms with Crippen molar-refractivity contribution in [2.24, 2.45) is 0 Å². The van der Waals surface area contributed by atoms with E-state index in [1.165, 1.54) is 0 Å². The Balaban J connectivity index is 1.78. The number of aromatic nitrogens is 3. The van der Waals surface area contributed by atoms with Crippen LogP contribution in [0.2, 0.25) is 0 Å². The number of nitrogens with zero attached hydrogens (tertiary/aromatic N) is 3. The molecule has 1 N–H and O–H groups in total. The number of nitrogens with one attached hydrogen (secondary N) is 1. The Morgan fingerprint density at radius 3 is 2.77 bits per heavy atom. The van der Waals surface area contributed by atoms with E-state index >= 15 is 0 Å². The molecule has 1 aliphatic rings. The molecule has 0 aliphatic carbocycles. The minimum atomic E-state index is -3.00. The second-order valence-corrected chi connectivity index (χ2v) is 7.68. The fourth-order valence-corrected chi connectivity index (χ4v) is 4.23. The predicted octanol–water partition coefficient (Wildman–Crippen LogP) is 1.10. The van der Waals surface area contributed by atoms with Gasteiger partial charge in [0.2, 0.25) is 0 Å². The van der Waals surface area contributed by atoms with Gasteiger partial charge in [0.05, 0.1) is 17.5 Å². The van der Waals surface area contributed by atoms with Crippen LogP contribution < -0.4 is 5.32 Å². The normalized spacial score (nSPS) is 20.2. The van der Waals surface area contributed by atoms with Gasteiger partial charge in [-0.2, -0.15) is 5.10 Å². The summed E-state index contributed by atoms with van der Waals surface area (Å²) in [5.74, 6) is 0.734. The topological polar surface area (TPSA) is 107 Å². The Morgan fingerprint density at radius 1 is 1.41 bits per heavy atom. The summed E-state index contributed by atoms with van der Waals surface area (Å²) < 4.78 is 29.6. The van der Waals surface area contributed by atoms with E-state index in [1.807, 2.05) is 0 Å². The van der Waals surface area contributed by atoms with Crippen LogP contribution in [0.25, 0.3) is 0 Å². The second kappa shape index (κ2) is 5.24. The molecule has 2 aromatic rings. The van der Waals surface area contributed by atoms with Crippen molar-refractivity contribution < 1.29 is 17.7 Å². The van der Waals surface area contributed by atoms with E-state index in [9.17, 15) is 13.2 Å². The molecule has 118 valence electrons. The smallest absolute Gasteiger partial charge is 0.277 e. The lowest BCUT2D eigenvalue weighted by molar-refractivity contribution is 0.102. The molecule has 1 fully saturated rings. The fourth-order valence-electron chi connectivity index (χ4n) is 2.54. The average molecular weight is 324 g/mol. The van der Waals surface area contributed by atoms with Gasteiger partial charge in [-0.05, 0) is 26.3 Å². The van der Waals surface area contributed by atoms with E-state index in [0.29, 0.717) is 18.0 Å². The van der Waals surface area contributed by atoms with Crippen LogP contribution in [0, 0.1) is 13.8 Å². The lowest BCUT2D eigenvalue weighted by atomic mass is 10.2. The van der Waals surface area contributed by atoms with E-state index in [4.69, 9.17) is 4.52 Å². The van der Waals surface area contributed by atoms with Gasteiger partial charge in [-0.1, -0.05) is 5.16 Å². The maximum absolute atomic E-state index is 12.1. The van der Waals surface area contributed by atoms with Gasteiger partial charge in [0, 0.05) is 11.8 Å². The van der Waals surface area contributed by atoms with E-state index in [0.717, 1.165) is 5.69 Å². The molecule has 1 unspecified atom stereocenters. The molecule has 1 aliphatic heterocycles. The van der Waals surface area contributed by atoms with Crippen molar-refractivity contribution in [1.82, 2.24) is 14.9 Å². The summed E-state index contributed by atoms with van der Waals surface area (Å²) in [6.07, 6.45) is 0.522. The maximum atomic E-state index is 12.1. The monoisotopic (exact) mass is 324 g/mol. The van der Waals surface area contributed by atoms with Gasteiger partial charge >= 0.3 is 0 Å². The number of aryl methyl sites for hydroxylation is 2. The van der Waals surface area contributed by atoms with Crippen molar-refractivity contribution in [2.75, 3.05) is 16.8 Å². The summed E-state index contributed by atoms with van der Waals surface area (Å²) in [6.45, 7) is 3.52. The molecule has 0 spiro atoms. The zero-order valence-electron chi connectivity index (χ0n) is 12.2. The van der Waals surface area contributed by atoms with Gasteiger partial charge in [0.1, 0.15) is 5.76 Å². The first-order chi connectivity index (χ1) is 10.3. The highest BCUT2D eigenvalue weighted by atomic mass is 32.2. The molecule has 3 rings (SSSR count). The molecule has 2 aromatic heterocycles. The molecule has 1 atom stereocenters. The summed E-state index contributed by atoms with van der Waals surface area (Å²) in [5, 5.41) is 10.5.